The molecule has 0 amide bonds. The zero-order valence-corrected chi connectivity index (χ0v) is 18.8. The fourth-order valence-corrected chi connectivity index (χ4v) is 5.86. The number of anilines is 2. The first kappa shape index (κ1) is 22.2. The molecular formula is C20H27ClN6O3S. The van der Waals surface area contributed by atoms with Gasteiger partial charge in [-0.3, -0.25) is 4.90 Å². The van der Waals surface area contributed by atoms with Gasteiger partial charge in [-0.1, -0.05) is 23.7 Å². The van der Waals surface area contributed by atoms with Crippen LogP contribution in [0.5, 0.6) is 0 Å². The molecule has 1 aromatic carbocycles. The van der Waals surface area contributed by atoms with Crippen molar-refractivity contribution in [2.45, 2.75) is 4.90 Å². The smallest absolute Gasteiger partial charge is 0.244 e. The van der Waals surface area contributed by atoms with Crippen molar-refractivity contribution in [3.05, 3.63) is 41.4 Å². The van der Waals surface area contributed by atoms with Gasteiger partial charge in [0.2, 0.25) is 10.0 Å². The lowest BCUT2D eigenvalue weighted by Crippen LogP contribution is -2.49. The maximum Gasteiger partial charge on any atom is 0.244 e. The Morgan fingerprint density at radius 1 is 0.839 bits per heavy atom. The fraction of sp³-hybridized carbons (Fsp3) is 0.500. The van der Waals surface area contributed by atoms with E-state index in [0.717, 1.165) is 37.8 Å². The van der Waals surface area contributed by atoms with Gasteiger partial charge in [0, 0.05) is 58.9 Å². The van der Waals surface area contributed by atoms with Gasteiger partial charge in [0.05, 0.1) is 11.6 Å². The molecule has 2 saturated heterocycles. The van der Waals surface area contributed by atoms with Gasteiger partial charge in [-0.15, -0.1) is 10.2 Å². The third-order valence-electron chi connectivity index (χ3n) is 5.77. The van der Waals surface area contributed by atoms with E-state index in [-0.39, 0.29) is 16.5 Å². The summed E-state index contributed by atoms with van der Waals surface area (Å²) in [6.07, 6.45) is 0. The molecule has 0 radical (unpaired) electrons. The van der Waals surface area contributed by atoms with E-state index in [2.05, 4.69) is 24.9 Å². The monoisotopic (exact) mass is 466 g/mol. The Bertz CT molecular complexity index is 975. The summed E-state index contributed by atoms with van der Waals surface area (Å²) in [5, 5.41) is 18.1. The Hall–Kier alpha value is -1.98. The van der Waals surface area contributed by atoms with E-state index in [0.29, 0.717) is 32.7 Å². The Labute approximate surface area is 187 Å². The quantitative estimate of drug-likeness (QED) is 0.666. The van der Waals surface area contributed by atoms with Gasteiger partial charge in [-0.2, -0.15) is 4.31 Å². The van der Waals surface area contributed by atoms with Crippen LogP contribution in [0, 0.1) is 0 Å². The highest BCUT2D eigenvalue weighted by Gasteiger charge is 2.30. The number of halogens is 1. The first-order chi connectivity index (χ1) is 15.0. The van der Waals surface area contributed by atoms with Crippen molar-refractivity contribution in [2.75, 3.05) is 75.3 Å². The van der Waals surface area contributed by atoms with Crippen molar-refractivity contribution >= 4 is 33.3 Å². The summed E-state index contributed by atoms with van der Waals surface area (Å²) >= 11 is 6.10. The minimum atomic E-state index is -3.62. The second kappa shape index (κ2) is 9.66. The molecule has 31 heavy (non-hydrogen) atoms. The summed E-state index contributed by atoms with van der Waals surface area (Å²) in [5.74, 6) is 1.59. The number of hydrogen-bond acceptors (Lipinski definition) is 8. The maximum absolute atomic E-state index is 12.9. The van der Waals surface area contributed by atoms with Gasteiger partial charge < -0.3 is 14.9 Å². The zero-order valence-electron chi connectivity index (χ0n) is 17.3. The van der Waals surface area contributed by atoms with Crippen LogP contribution < -0.4 is 9.80 Å². The van der Waals surface area contributed by atoms with E-state index in [1.165, 1.54) is 10.4 Å². The number of aromatic nitrogens is 2. The van der Waals surface area contributed by atoms with Crippen molar-refractivity contribution in [1.29, 1.82) is 0 Å². The predicted octanol–water partition coefficient (Wildman–Crippen LogP) is 0.755. The van der Waals surface area contributed by atoms with E-state index in [1.54, 1.807) is 18.2 Å². The van der Waals surface area contributed by atoms with Crippen molar-refractivity contribution in [2.24, 2.45) is 0 Å². The average Bonchev–Trinajstić information content (AvgIpc) is 2.80. The van der Waals surface area contributed by atoms with E-state index in [9.17, 15) is 8.42 Å². The van der Waals surface area contributed by atoms with Gasteiger partial charge in [-0.05, 0) is 24.3 Å². The van der Waals surface area contributed by atoms with Crippen molar-refractivity contribution in [3.8, 4) is 0 Å². The van der Waals surface area contributed by atoms with E-state index >= 15 is 0 Å². The molecule has 0 bridgehead atoms. The molecule has 0 atom stereocenters. The first-order valence-electron chi connectivity index (χ1n) is 10.4. The molecule has 0 aliphatic carbocycles. The number of β-amino-alcohol motifs (C(OH)–C–C–N with tert-alkyl or cyclic N) is 1. The summed E-state index contributed by atoms with van der Waals surface area (Å²) in [6.45, 7) is 6.19. The molecule has 0 spiro atoms. The Kier molecular flexibility index (Phi) is 6.92. The minimum Gasteiger partial charge on any atom is -0.395 e. The maximum atomic E-state index is 12.9. The van der Waals surface area contributed by atoms with Crippen molar-refractivity contribution < 1.29 is 13.5 Å². The molecule has 3 heterocycles. The number of piperazine rings is 2. The van der Waals surface area contributed by atoms with E-state index < -0.39 is 10.0 Å². The van der Waals surface area contributed by atoms with Crippen LogP contribution in [0.1, 0.15) is 0 Å². The van der Waals surface area contributed by atoms with E-state index in [4.69, 9.17) is 16.7 Å². The highest BCUT2D eigenvalue weighted by Crippen LogP contribution is 2.26. The van der Waals surface area contributed by atoms with Crippen LogP contribution in [0.25, 0.3) is 0 Å². The Morgan fingerprint density at radius 3 is 1.90 bits per heavy atom. The first-order valence-corrected chi connectivity index (χ1v) is 12.2. The SMILES string of the molecule is O=S(=O)(c1ccccc1Cl)N1CCN(c2ccc(N3CCN(CCO)CC3)nn2)CC1. The lowest BCUT2D eigenvalue weighted by Gasteiger charge is -2.36. The molecule has 2 aliphatic rings. The number of sulfonamides is 1. The molecular weight excluding hydrogens is 440 g/mol. The highest BCUT2D eigenvalue weighted by atomic mass is 35.5. The molecule has 9 nitrogen and oxygen atoms in total. The normalized spacial score (nSPS) is 19.0. The topological polar surface area (TPSA) is 93.1 Å². The Morgan fingerprint density at radius 2 is 1.39 bits per heavy atom. The molecule has 2 fully saturated rings. The summed E-state index contributed by atoms with van der Waals surface area (Å²) in [6, 6.07) is 10.4. The average molecular weight is 467 g/mol. The van der Waals surface area contributed by atoms with Crippen LogP contribution in [0.4, 0.5) is 11.6 Å². The van der Waals surface area contributed by atoms with Crippen molar-refractivity contribution in [3.63, 3.8) is 0 Å². The molecule has 1 aromatic heterocycles. The van der Waals surface area contributed by atoms with Gasteiger partial charge in [0.25, 0.3) is 0 Å². The minimum absolute atomic E-state index is 0.147. The van der Waals surface area contributed by atoms with E-state index in [1.807, 2.05) is 12.1 Å². The van der Waals surface area contributed by atoms with Crippen LogP contribution in [-0.4, -0.2) is 98.4 Å². The van der Waals surface area contributed by atoms with Crippen LogP contribution in [-0.2, 0) is 10.0 Å². The number of aliphatic hydroxyl groups excluding tert-OH is 1. The Balaban J connectivity index is 1.35. The number of nitrogens with zero attached hydrogens (tertiary/aromatic N) is 6. The summed E-state index contributed by atoms with van der Waals surface area (Å²) in [5.41, 5.74) is 0. The molecule has 4 rings (SSSR count). The molecule has 2 aliphatic heterocycles. The third kappa shape index (κ3) is 4.93. The highest BCUT2D eigenvalue weighted by molar-refractivity contribution is 7.89. The number of rotatable bonds is 6. The molecule has 168 valence electrons. The lowest BCUT2D eigenvalue weighted by molar-refractivity contribution is 0.188. The zero-order chi connectivity index (χ0) is 21.8. The number of hydrogen-bond donors (Lipinski definition) is 1. The molecule has 0 saturated carbocycles. The molecule has 0 unspecified atom stereocenters. The fourth-order valence-electron chi connectivity index (χ4n) is 3.95. The van der Waals surface area contributed by atoms with Gasteiger partial charge in [0.15, 0.2) is 11.6 Å². The summed E-state index contributed by atoms with van der Waals surface area (Å²) in [7, 11) is -3.62. The summed E-state index contributed by atoms with van der Waals surface area (Å²) < 4.78 is 27.3. The van der Waals surface area contributed by atoms with Gasteiger partial charge in [0.1, 0.15) is 4.90 Å². The predicted molar refractivity (Wildman–Crippen MR) is 120 cm³/mol. The second-order valence-electron chi connectivity index (χ2n) is 7.62. The number of benzene rings is 1. The molecule has 2 aromatic rings. The second-order valence-corrected chi connectivity index (χ2v) is 9.94. The number of aliphatic hydroxyl groups is 1. The summed E-state index contributed by atoms with van der Waals surface area (Å²) in [4.78, 5) is 6.62. The van der Waals surface area contributed by atoms with Crippen molar-refractivity contribution in [1.82, 2.24) is 19.4 Å². The van der Waals surface area contributed by atoms with Gasteiger partial charge >= 0.3 is 0 Å². The van der Waals surface area contributed by atoms with Crippen LogP contribution in [0.15, 0.2) is 41.3 Å². The van der Waals surface area contributed by atoms with Gasteiger partial charge in [-0.25, -0.2) is 8.42 Å². The van der Waals surface area contributed by atoms with Crippen LogP contribution >= 0.6 is 11.6 Å². The third-order valence-corrected chi connectivity index (χ3v) is 8.16. The van der Waals surface area contributed by atoms with Crippen LogP contribution in [0.2, 0.25) is 5.02 Å². The standard InChI is InChI=1S/C20H27ClN6O3S/c21-17-3-1-2-4-18(17)31(29,30)27-13-11-26(12-14-27)20-6-5-19(22-23-20)25-9-7-24(8-10-25)15-16-28/h1-6,28H,7-16H2. The largest absolute Gasteiger partial charge is 0.395 e. The molecule has 11 heteroatoms. The molecule has 1 N–H and O–H groups in total. The van der Waals surface area contributed by atoms with Crippen LogP contribution in [0.3, 0.4) is 0 Å². The lowest BCUT2D eigenvalue weighted by atomic mass is 10.3.